The SMILES string of the molecule is O=C(NCc1nc(-c2ccc(Cl)cc2)cs1)[C@H]1CCCN(C(=O)COCCO)C1. The van der Waals surface area contributed by atoms with Crippen LogP contribution in [0.5, 0.6) is 0 Å². The first-order valence-corrected chi connectivity index (χ1v) is 10.8. The number of likely N-dealkylation sites (tertiary alicyclic amines) is 1. The molecule has 9 heteroatoms. The van der Waals surface area contributed by atoms with Gasteiger partial charge in [-0.05, 0) is 25.0 Å². The van der Waals surface area contributed by atoms with Crippen LogP contribution in [0.25, 0.3) is 11.3 Å². The maximum absolute atomic E-state index is 12.6. The summed E-state index contributed by atoms with van der Waals surface area (Å²) in [7, 11) is 0. The van der Waals surface area contributed by atoms with Crippen LogP contribution in [0.4, 0.5) is 0 Å². The highest BCUT2D eigenvalue weighted by atomic mass is 35.5. The molecular formula is C20H24ClN3O4S. The molecule has 1 aliphatic heterocycles. The smallest absolute Gasteiger partial charge is 0.248 e. The van der Waals surface area contributed by atoms with Crippen LogP contribution in [0.1, 0.15) is 17.8 Å². The summed E-state index contributed by atoms with van der Waals surface area (Å²) in [5.74, 6) is -0.452. The minimum Gasteiger partial charge on any atom is -0.394 e. The Balaban J connectivity index is 1.49. The first-order chi connectivity index (χ1) is 14.1. The number of carbonyl (C=O) groups excluding carboxylic acids is 2. The Hall–Kier alpha value is -2.00. The molecule has 29 heavy (non-hydrogen) atoms. The van der Waals surface area contributed by atoms with Gasteiger partial charge >= 0.3 is 0 Å². The van der Waals surface area contributed by atoms with E-state index < -0.39 is 0 Å². The van der Waals surface area contributed by atoms with Crippen LogP contribution in [-0.2, 0) is 20.9 Å². The van der Waals surface area contributed by atoms with E-state index in [4.69, 9.17) is 21.4 Å². The molecule has 1 aromatic carbocycles. The summed E-state index contributed by atoms with van der Waals surface area (Å²) in [5.41, 5.74) is 1.83. The summed E-state index contributed by atoms with van der Waals surface area (Å²) in [6.45, 7) is 1.33. The van der Waals surface area contributed by atoms with E-state index in [1.807, 2.05) is 29.6 Å². The van der Waals surface area contributed by atoms with Gasteiger partial charge in [-0.15, -0.1) is 11.3 Å². The third-order valence-corrected chi connectivity index (χ3v) is 5.81. The van der Waals surface area contributed by atoms with Crippen molar-refractivity contribution in [1.82, 2.24) is 15.2 Å². The number of halogens is 1. The van der Waals surface area contributed by atoms with Crippen molar-refractivity contribution in [3.8, 4) is 11.3 Å². The molecule has 0 aliphatic carbocycles. The number of nitrogens with one attached hydrogen (secondary N) is 1. The molecule has 1 atom stereocenters. The Morgan fingerprint density at radius 2 is 2.14 bits per heavy atom. The fourth-order valence-corrected chi connectivity index (χ4v) is 4.05. The van der Waals surface area contributed by atoms with Crippen molar-refractivity contribution in [3.05, 3.63) is 39.7 Å². The van der Waals surface area contributed by atoms with E-state index in [9.17, 15) is 9.59 Å². The molecule has 1 aliphatic rings. The summed E-state index contributed by atoms with van der Waals surface area (Å²) in [4.78, 5) is 30.9. The third kappa shape index (κ3) is 6.24. The van der Waals surface area contributed by atoms with Crippen molar-refractivity contribution in [2.45, 2.75) is 19.4 Å². The number of hydrogen-bond donors (Lipinski definition) is 2. The highest BCUT2D eigenvalue weighted by Crippen LogP contribution is 2.24. The molecule has 0 unspecified atom stereocenters. The van der Waals surface area contributed by atoms with E-state index in [0.717, 1.165) is 29.1 Å². The van der Waals surface area contributed by atoms with Crippen LogP contribution in [0.2, 0.25) is 5.02 Å². The lowest BCUT2D eigenvalue weighted by molar-refractivity contribution is -0.140. The van der Waals surface area contributed by atoms with Crippen LogP contribution in [0.15, 0.2) is 29.6 Å². The van der Waals surface area contributed by atoms with E-state index in [1.165, 1.54) is 11.3 Å². The molecule has 0 spiro atoms. The fraction of sp³-hybridized carbons (Fsp3) is 0.450. The second-order valence-electron chi connectivity index (χ2n) is 6.81. The number of aromatic nitrogens is 1. The predicted octanol–water partition coefficient (Wildman–Crippen LogP) is 2.33. The van der Waals surface area contributed by atoms with Gasteiger partial charge in [0.05, 0.1) is 31.4 Å². The molecular weight excluding hydrogens is 414 g/mol. The monoisotopic (exact) mass is 437 g/mol. The molecule has 0 radical (unpaired) electrons. The number of benzene rings is 1. The van der Waals surface area contributed by atoms with Crippen molar-refractivity contribution < 1.29 is 19.4 Å². The molecule has 0 bridgehead atoms. The molecule has 156 valence electrons. The van der Waals surface area contributed by atoms with E-state index in [0.29, 0.717) is 24.7 Å². The first kappa shape index (κ1) is 21.7. The van der Waals surface area contributed by atoms with E-state index in [1.54, 1.807) is 4.90 Å². The summed E-state index contributed by atoms with van der Waals surface area (Å²) in [6, 6.07) is 7.47. The number of amides is 2. The summed E-state index contributed by atoms with van der Waals surface area (Å²) >= 11 is 7.41. The number of piperidine rings is 1. The van der Waals surface area contributed by atoms with Crippen molar-refractivity contribution in [3.63, 3.8) is 0 Å². The number of aliphatic hydroxyl groups excluding tert-OH is 1. The maximum Gasteiger partial charge on any atom is 0.248 e. The van der Waals surface area contributed by atoms with Gasteiger partial charge in [-0.3, -0.25) is 9.59 Å². The highest BCUT2D eigenvalue weighted by molar-refractivity contribution is 7.09. The average Bonchev–Trinajstić information content (AvgIpc) is 3.22. The molecule has 1 saturated heterocycles. The lowest BCUT2D eigenvalue weighted by Gasteiger charge is -2.32. The molecule has 1 fully saturated rings. The number of hydrogen-bond acceptors (Lipinski definition) is 6. The minimum absolute atomic E-state index is 0.0676. The topological polar surface area (TPSA) is 91.8 Å². The Morgan fingerprint density at radius 1 is 1.34 bits per heavy atom. The van der Waals surface area contributed by atoms with Crippen molar-refractivity contribution in [2.75, 3.05) is 32.9 Å². The lowest BCUT2D eigenvalue weighted by Crippen LogP contribution is -2.46. The average molecular weight is 438 g/mol. The Morgan fingerprint density at radius 3 is 2.90 bits per heavy atom. The Kier molecular flexibility index (Phi) is 8.00. The molecule has 1 aromatic heterocycles. The van der Waals surface area contributed by atoms with Crippen LogP contribution < -0.4 is 5.32 Å². The van der Waals surface area contributed by atoms with Gasteiger partial charge in [0, 0.05) is 29.1 Å². The first-order valence-electron chi connectivity index (χ1n) is 9.51. The summed E-state index contributed by atoms with van der Waals surface area (Å²) < 4.78 is 5.09. The van der Waals surface area contributed by atoms with Gasteiger partial charge < -0.3 is 20.1 Å². The summed E-state index contributed by atoms with van der Waals surface area (Å²) in [6.07, 6.45) is 1.53. The molecule has 2 heterocycles. The third-order valence-electron chi connectivity index (χ3n) is 4.71. The quantitative estimate of drug-likeness (QED) is 0.618. The van der Waals surface area contributed by atoms with Crippen LogP contribution in [0.3, 0.4) is 0 Å². The number of aliphatic hydroxyl groups is 1. The summed E-state index contributed by atoms with van der Waals surface area (Å²) in [5, 5.41) is 15.1. The second kappa shape index (κ2) is 10.7. The van der Waals surface area contributed by atoms with Crippen molar-refractivity contribution in [2.24, 2.45) is 5.92 Å². The zero-order chi connectivity index (χ0) is 20.6. The van der Waals surface area contributed by atoms with Gasteiger partial charge in [0.25, 0.3) is 0 Å². The molecule has 2 amide bonds. The number of nitrogens with zero attached hydrogens (tertiary/aromatic N) is 2. The van der Waals surface area contributed by atoms with Gasteiger partial charge in [0.15, 0.2) is 0 Å². The van der Waals surface area contributed by atoms with Gasteiger partial charge in [-0.25, -0.2) is 4.98 Å². The number of carbonyl (C=O) groups is 2. The zero-order valence-corrected chi connectivity index (χ0v) is 17.5. The minimum atomic E-state index is -0.235. The predicted molar refractivity (Wildman–Crippen MR) is 112 cm³/mol. The van der Waals surface area contributed by atoms with Crippen LogP contribution >= 0.6 is 22.9 Å². The van der Waals surface area contributed by atoms with E-state index >= 15 is 0 Å². The van der Waals surface area contributed by atoms with Gasteiger partial charge in [0.2, 0.25) is 11.8 Å². The van der Waals surface area contributed by atoms with Crippen molar-refractivity contribution >= 4 is 34.8 Å². The van der Waals surface area contributed by atoms with Gasteiger partial charge in [-0.1, -0.05) is 23.7 Å². The van der Waals surface area contributed by atoms with Gasteiger partial charge in [-0.2, -0.15) is 0 Å². The number of ether oxygens (including phenoxy) is 1. The number of rotatable bonds is 8. The molecule has 3 rings (SSSR count). The zero-order valence-electron chi connectivity index (χ0n) is 16.0. The van der Waals surface area contributed by atoms with Crippen LogP contribution in [0, 0.1) is 5.92 Å². The fourth-order valence-electron chi connectivity index (χ4n) is 3.19. The van der Waals surface area contributed by atoms with Crippen molar-refractivity contribution in [1.29, 1.82) is 0 Å². The van der Waals surface area contributed by atoms with E-state index in [2.05, 4.69) is 10.3 Å². The van der Waals surface area contributed by atoms with Crippen LogP contribution in [-0.4, -0.2) is 59.7 Å². The molecule has 7 nitrogen and oxygen atoms in total. The molecule has 2 aromatic rings. The second-order valence-corrected chi connectivity index (χ2v) is 8.19. The normalized spacial score (nSPS) is 16.6. The Labute approximate surface area is 178 Å². The largest absolute Gasteiger partial charge is 0.394 e. The lowest BCUT2D eigenvalue weighted by atomic mass is 9.97. The molecule has 2 N–H and O–H groups in total. The van der Waals surface area contributed by atoms with Gasteiger partial charge in [0.1, 0.15) is 11.6 Å². The van der Waals surface area contributed by atoms with E-state index in [-0.39, 0.29) is 37.6 Å². The molecule has 0 saturated carbocycles. The maximum atomic E-state index is 12.6. The number of thiazole rings is 1. The highest BCUT2D eigenvalue weighted by Gasteiger charge is 2.28. The Bertz CT molecular complexity index is 827. The standard InChI is InChI=1S/C20H24ClN3O4S/c21-16-5-3-14(4-6-16)17-13-29-18(23-17)10-22-20(27)15-2-1-7-24(11-15)19(26)12-28-9-8-25/h3-6,13,15,25H,1-2,7-12H2,(H,22,27)/t15-/m0/s1.